The third-order valence-electron chi connectivity index (χ3n) is 7.73. The first kappa shape index (κ1) is 31.6. The lowest BCUT2D eigenvalue weighted by atomic mass is 10.0. The summed E-state index contributed by atoms with van der Waals surface area (Å²) in [6.07, 6.45) is 7.74. The van der Waals surface area contributed by atoms with Gasteiger partial charge in [0.2, 0.25) is 0 Å². The highest BCUT2D eigenvalue weighted by atomic mass is 32.2. The Morgan fingerprint density at radius 1 is 0.905 bits per heavy atom. The molecule has 6 heteroatoms. The molecule has 5 nitrogen and oxygen atoms in total. The zero-order valence-electron chi connectivity index (χ0n) is 25.6. The van der Waals surface area contributed by atoms with Gasteiger partial charge in [-0.2, -0.15) is 0 Å². The minimum atomic E-state index is -0.0559. The molecule has 1 aliphatic heterocycles. The summed E-state index contributed by atoms with van der Waals surface area (Å²) in [7, 11) is 0. The molecule has 1 aliphatic rings. The third kappa shape index (κ3) is 8.59. The fraction of sp³-hybridized carbons (Fsp3) is 0.389. The van der Waals surface area contributed by atoms with Crippen LogP contribution in [0, 0.1) is 13.8 Å². The average molecular weight is 584 g/mol. The van der Waals surface area contributed by atoms with Gasteiger partial charge in [-0.25, -0.2) is 0 Å². The molecule has 4 rings (SSSR count). The number of benzene rings is 3. The Morgan fingerprint density at radius 3 is 2.31 bits per heavy atom. The van der Waals surface area contributed by atoms with Crippen molar-refractivity contribution in [1.29, 1.82) is 0 Å². The Balaban J connectivity index is 1.40. The van der Waals surface area contributed by atoms with Gasteiger partial charge >= 0.3 is 0 Å². The summed E-state index contributed by atoms with van der Waals surface area (Å²) in [6.45, 7) is 13.1. The van der Waals surface area contributed by atoms with Crippen LogP contribution in [-0.4, -0.2) is 42.9 Å². The zero-order chi connectivity index (χ0) is 29.9. The minimum absolute atomic E-state index is 0.00616. The molecule has 1 heterocycles. The molecule has 0 radical (unpaired) electrons. The number of rotatable bonds is 14. The first-order valence-corrected chi connectivity index (χ1v) is 16.2. The van der Waals surface area contributed by atoms with E-state index in [0.29, 0.717) is 23.6 Å². The van der Waals surface area contributed by atoms with E-state index in [9.17, 15) is 9.59 Å². The maximum atomic E-state index is 13.7. The predicted molar refractivity (Wildman–Crippen MR) is 177 cm³/mol. The lowest BCUT2D eigenvalue weighted by Crippen LogP contribution is -2.34. The highest BCUT2D eigenvalue weighted by molar-refractivity contribution is 8.04. The molecule has 3 aromatic carbocycles. The zero-order valence-corrected chi connectivity index (χ0v) is 26.4. The van der Waals surface area contributed by atoms with Gasteiger partial charge in [-0.05, 0) is 99.8 Å². The van der Waals surface area contributed by atoms with Crippen LogP contribution in [0.1, 0.15) is 78.6 Å². The highest BCUT2D eigenvalue weighted by Crippen LogP contribution is 2.42. The van der Waals surface area contributed by atoms with Crippen LogP contribution in [0.15, 0.2) is 76.5 Å². The van der Waals surface area contributed by atoms with Crippen LogP contribution in [0.4, 0.5) is 5.69 Å². The molecular formula is C36H45N3O2S. The van der Waals surface area contributed by atoms with E-state index in [1.54, 1.807) is 0 Å². The Kier molecular flexibility index (Phi) is 11.8. The van der Waals surface area contributed by atoms with Crippen molar-refractivity contribution < 1.29 is 9.59 Å². The molecule has 0 bridgehead atoms. The Bertz CT molecular complexity index is 1370. The normalized spacial score (nSPS) is 14.0. The number of carbonyl (C=O) groups is 2. The van der Waals surface area contributed by atoms with Gasteiger partial charge in [0.05, 0.1) is 17.1 Å². The number of anilines is 1. The van der Waals surface area contributed by atoms with Crippen LogP contribution in [-0.2, 0) is 11.3 Å². The molecule has 0 aromatic heterocycles. The number of aryl methyl sites for hydroxylation is 2. The van der Waals surface area contributed by atoms with E-state index in [1.165, 1.54) is 48.6 Å². The molecule has 1 N–H and O–H groups in total. The molecule has 0 fully saturated rings. The quantitative estimate of drug-likeness (QED) is 0.154. The highest BCUT2D eigenvalue weighted by Gasteiger charge is 2.29. The molecule has 2 amide bonds. The van der Waals surface area contributed by atoms with Crippen molar-refractivity contribution in [2.75, 3.05) is 31.1 Å². The third-order valence-corrected chi connectivity index (χ3v) is 8.81. The molecule has 0 saturated heterocycles. The largest absolute Gasteiger partial charge is 0.352 e. The fourth-order valence-electron chi connectivity index (χ4n) is 5.15. The number of hydrogen-bond acceptors (Lipinski definition) is 4. The Hall–Kier alpha value is -3.35. The monoisotopic (exact) mass is 583 g/mol. The lowest BCUT2D eigenvalue weighted by molar-refractivity contribution is -0.114. The number of nitrogens with zero attached hydrogens (tertiary/aromatic N) is 2. The van der Waals surface area contributed by atoms with Gasteiger partial charge < -0.3 is 15.1 Å². The molecule has 42 heavy (non-hydrogen) atoms. The maximum Gasteiger partial charge on any atom is 0.265 e. The van der Waals surface area contributed by atoms with Gasteiger partial charge in [0.25, 0.3) is 11.8 Å². The van der Waals surface area contributed by atoms with Gasteiger partial charge in [-0.1, -0.05) is 86.5 Å². The molecular weight excluding hydrogens is 538 g/mol. The van der Waals surface area contributed by atoms with E-state index in [-0.39, 0.29) is 11.8 Å². The summed E-state index contributed by atoms with van der Waals surface area (Å²) in [6, 6.07) is 22.0. The summed E-state index contributed by atoms with van der Waals surface area (Å²) in [5, 5.41) is 3.08. The number of nitrogens with one attached hydrogen (secondary N) is 1. The van der Waals surface area contributed by atoms with Crippen molar-refractivity contribution >= 4 is 35.3 Å². The average Bonchev–Trinajstić information content (AvgIpc) is 3.00. The second kappa shape index (κ2) is 15.8. The Labute approximate surface area is 256 Å². The molecule has 222 valence electrons. The summed E-state index contributed by atoms with van der Waals surface area (Å²) in [5.41, 5.74) is 5.98. The van der Waals surface area contributed by atoms with Crippen molar-refractivity contribution in [3.8, 4) is 0 Å². The molecule has 3 aromatic rings. The van der Waals surface area contributed by atoms with Crippen LogP contribution in [0.25, 0.3) is 6.08 Å². The van der Waals surface area contributed by atoms with Crippen LogP contribution in [0.5, 0.6) is 0 Å². The number of amides is 2. The summed E-state index contributed by atoms with van der Waals surface area (Å²) >= 11 is 1.50. The van der Waals surface area contributed by atoms with Crippen LogP contribution in [0.2, 0.25) is 0 Å². The van der Waals surface area contributed by atoms with Gasteiger partial charge in [-0.3, -0.25) is 9.59 Å². The topological polar surface area (TPSA) is 52.7 Å². The second-order valence-electron chi connectivity index (χ2n) is 11.2. The number of hydrogen-bond donors (Lipinski definition) is 1. The number of carbonyl (C=O) groups excluding carboxylic acids is 2. The number of thioether (sulfide) groups is 1. The standard InChI is InChI=1S/C36H45N3O2S/c1-5-7-21-38(22-8-6-2)23-11-20-37-35(40)30-18-16-29(17-19-30)25-34-36(41)39(32-12-9-10-13-33(32)42-34)26-31-24-27(3)14-15-28(31)4/h9-10,12-19,24-25H,5-8,11,20-23,26H2,1-4H3,(H,37,40)/b34-25-. The van der Waals surface area contributed by atoms with Gasteiger partial charge in [0, 0.05) is 17.0 Å². The molecule has 0 saturated carbocycles. The van der Waals surface area contributed by atoms with Gasteiger partial charge in [0.15, 0.2) is 0 Å². The van der Waals surface area contributed by atoms with Crippen molar-refractivity contribution in [3.05, 3.63) is 99.5 Å². The minimum Gasteiger partial charge on any atom is -0.352 e. The second-order valence-corrected chi connectivity index (χ2v) is 12.3. The Morgan fingerprint density at radius 2 is 1.60 bits per heavy atom. The first-order valence-electron chi connectivity index (χ1n) is 15.4. The van der Waals surface area contributed by atoms with E-state index in [2.05, 4.69) is 62.2 Å². The van der Waals surface area contributed by atoms with E-state index in [0.717, 1.165) is 47.8 Å². The summed E-state index contributed by atoms with van der Waals surface area (Å²) < 4.78 is 0. The molecule has 0 unspecified atom stereocenters. The van der Waals surface area contributed by atoms with Gasteiger partial charge in [0.1, 0.15) is 0 Å². The van der Waals surface area contributed by atoms with Crippen molar-refractivity contribution in [3.63, 3.8) is 0 Å². The predicted octanol–water partition coefficient (Wildman–Crippen LogP) is 8.01. The fourth-order valence-corrected chi connectivity index (χ4v) is 6.21. The SMILES string of the molecule is CCCCN(CCCC)CCCNC(=O)c1ccc(/C=C2\Sc3ccccc3N(Cc3cc(C)ccc3C)C2=O)cc1. The number of unbranched alkanes of at least 4 members (excludes halogenated alkanes) is 2. The van der Waals surface area contributed by atoms with Crippen LogP contribution in [0.3, 0.4) is 0 Å². The number of fused-ring (bicyclic) bond motifs is 1. The number of para-hydroxylation sites is 1. The first-order chi connectivity index (χ1) is 20.4. The van der Waals surface area contributed by atoms with Crippen molar-refractivity contribution in [2.45, 2.75) is 71.2 Å². The van der Waals surface area contributed by atoms with E-state index < -0.39 is 0 Å². The van der Waals surface area contributed by atoms with Gasteiger partial charge in [-0.15, -0.1) is 0 Å². The molecule has 0 atom stereocenters. The van der Waals surface area contributed by atoms with Crippen molar-refractivity contribution in [1.82, 2.24) is 10.2 Å². The maximum absolute atomic E-state index is 13.7. The van der Waals surface area contributed by atoms with Crippen LogP contribution >= 0.6 is 11.8 Å². The molecule has 0 spiro atoms. The summed E-state index contributed by atoms with van der Waals surface area (Å²) in [4.78, 5) is 32.7. The smallest absolute Gasteiger partial charge is 0.265 e. The lowest BCUT2D eigenvalue weighted by Gasteiger charge is -2.31. The van der Waals surface area contributed by atoms with E-state index in [1.807, 2.05) is 53.4 Å². The van der Waals surface area contributed by atoms with E-state index >= 15 is 0 Å². The molecule has 0 aliphatic carbocycles. The van der Waals surface area contributed by atoms with E-state index in [4.69, 9.17) is 0 Å². The van der Waals surface area contributed by atoms with Crippen LogP contribution < -0.4 is 10.2 Å². The van der Waals surface area contributed by atoms with Crippen molar-refractivity contribution in [2.24, 2.45) is 0 Å². The summed E-state index contributed by atoms with van der Waals surface area (Å²) in [5.74, 6) is -0.0621.